The van der Waals surface area contributed by atoms with E-state index < -0.39 is 0 Å². The van der Waals surface area contributed by atoms with Gasteiger partial charge in [0.25, 0.3) is 0 Å². The highest BCUT2D eigenvalue weighted by molar-refractivity contribution is 5.18. The molecule has 0 amide bonds. The number of nitrogens with zero attached hydrogens (tertiary/aromatic N) is 1. The highest BCUT2D eigenvalue weighted by Crippen LogP contribution is 2.24. The molecule has 0 aliphatic rings. The Labute approximate surface area is 109 Å². The molecule has 0 aliphatic carbocycles. The Hall–Kier alpha value is -1.67. The van der Waals surface area contributed by atoms with E-state index >= 15 is 0 Å². The van der Waals surface area contributed by atoms with Crippen molar-refractivity contribution in [2.75, 3.05) is 6.54 Å². The van der Waals surface area contributed by atoms with Crippen molar-refractivity contribution < 1.29 is 0 Å². The van der Waals surface area contributed by atoms with Crippen LogP contribution in [0.1, 0.15) is 29.9 Å². The highest BCUT2D eigenvalue weighted by atomic mass is 14.6. The van der Waals surface area contributed by atoms with E-state index in [9.17, 15) is 0 Å². The first-order chi connectivity index (χ1) is 8.90. The van der Waals surface area contributed by atoms with Crippen molar-refractivity contribution in [2.24, 2.45) is 5.73 Å². The van der Waals surface area contributed by atoms with Gasteiger partial charge < -0.3 is 5.73 Å². The topological polar surface area (TPSA) is 38.9 Å². The molecule has 1 aromatic carbocycles. The quantitative estimate of drug-likeness (QED) is 0.842. The van der Waals surface area contributed by atoms with Gasteiger partial charge in [-0.25, -0.2) is 0 Å². The van der Waals surface area contributed by atoms with Crippen LogP contribution in [-0.2, 0) is 6.42 Å². The smallest absolute Gasteiger partial charge is 0.0270 e. The molecule has 0 radical (unpaired) electrons. The molecule has 94 valence electrons. The van der Waals surface area contributed by atoms with Gasteiger partial charge in [-0.05, 0) is 55.0 Å². The van der Waals surface area contributed by atoms with Crippen LogP contribution in [0.25, 0.3) is 0 Å². The molecule has 1 atom stereocenters. The maximum atomic E-state index is 5.72. The van der Waals surface area contributed by atoms with E-state index in [1.54, 1.807) is 0 Å². The largest absolute Gasteiger partial charge is 0.330 e. The zero-order valence-corrected chi connectivity index (χ0v) is 10.6. The van der Waals surface area contributed by atoms with Crippen molar-refractivity contribution in [3.05, 3.63) is 66.0 Å². The van der Waals surface area contributed by atoms with Gasteiger partial charge in [0.05, 0.1) is 0 Å². The summed E-state index contributed by atoms with van der Waals surface area (Å²) in [6.45, 7) is 0.738. The van der Waals surface area contributed by atoms with Crippen LogP contribution in [0.4, 0.5) is 0 Å². The van der Waals surface area contributed by atoms with Crippen molar-refractivity contribution in [3.8, 4) is 0 Å². The van der Waals surface area contributed by atoms with Crippen LogP contribution in [0.15, 0.2) is 54.9 Å². The number of rotatable bonds is 6. The molecular weight excluding hydrogens is 220 g/mol. The lowest BCUT2D eigenvalue weighted by atomic mass is 9.90. The minimum atomic E-state index is 0.540. The fraction of sp³-hybridized carbons (Fsp3) is 0.312. The van der Waals surface area contributed by atoms with Gasteiger partial charge in [-0.15, -0.1) is 0 Å². The summed E-state index contributed by atoms with van der Waals surface area (Å²) < 4.78 is 0. The van der Waals surface area contributed by atoms with Gasteiger partial charge in [0.1, 0.15) is 0 Å². The Morgan fingerprint density at radius 3 is 2.33 bits per heavy atom. The molecule has 2 nitrogen and oxygen atoms in total. The summed E-state index contributed by atoms with van der Waals surface area (Å²) in [4.78, 5) is 4.07. The molecule has 0 saturated heterocycles. The summed E-state index contributed by atoms with van der Waals surface area (Å²) in [5.41, 5.74) is 8.47. The first kappa shape index (κ1) is 12.8. The van der Waals surface area contributed by atoms with E-state index in [-0.39, 0.29) is 0 Å². The fourth-order valence-electron chi connectivity index (χ4n) is 2.30. The number of pyridine rings is 1. The van der Waals surface area contributed by atoms with Gasteiger partial charge in [-0.1, -0.05) is 30.3 Å². The van der Waals surface area contributed by atoms with Crippen molar-refractivity contribution in [2.45, 2.75) is 25.2 Å². The SMILES string of the molecule is NCCC(CCc1ccccc1)c1ccncc1. The molecule has 2 heteroatoms. The van der Waals surface area contributed by atoms with Crippen LogP contribution in [-0.4, -0.2) is 11.5 Å². The number of aromatic nitrogens is 1. The molecule has 0 aliphatic heterocycles. The third-order valence-electron chi connectivity index (χ3n) is 3.32. The van der Waals surface area contributed by atoms with Crippen molar-refractivity contribution in [1.82, 2.24) is 4.98 Å². The Morgan fingerprint density at radius 2 is 1.67 bits per heavy atom. The van der Waals surface area contributed by atoms with Gasteiger partial charge in [-0.2, -0.15) is 0 Å². The normalized spacial score (nSPS) is 12.3. The number of aryl methyl sites for hydroxylation is 1. The van der Waals surface area contributed by atoms with Crippen LogP contribution < -0.4 is 5.73 Å². The van der Waals surface area contributed by atoms with Crippen LogP contribution in [0, 0.1) is 0 Å². The van der Waals surface area contributed by atoms with Crippen molar-refractivity contribution in [1.29, 1.82) is 0 Å². The minimum absolute atomic E-state index is 0.540. The van der Waals surface area contributed by atoms with E-state index in [4.69, 9.17) is 5.73 Å². The summed E-state index contributed by atoms with van der Waals surface area (Å²) in [6.07, 6.45) is 7.01. The summed E-state index contributed by atoms with van der Waals surface area (Å²) in [6, 6.07) is 14.8. The minimum Gasteiger partial charge on any atom is -0.330 e. The van der Waals surface area contributed by atoms with Gasteiger partial charge in [-0.3, -0.25) is 4.98 Å². The standard InChI is InChI=1S/C16H20N2/c17-11-8-15(16-9-12-18-13-10-16)7-6-14-4-2-1-3-5-14/h1-5,9-10,12-13,15H,6-8,11,17H2. The maximum Gasteiger partial charge on any atom is 0.0270 e. The molecule has 2 N–H and O–H groups in total. The predicted octanol–water partition coefficient (Wildman–Crippen LogP) is 3.15. The number of hydrogen-bond donors (Lipinski definition) is 1. The maximum absolute atomic E-state index is 5.72. The predicted molar refractivity (Wildman–Crippen MR) is 75.4 cm³/mol. The Bertz CT molecular complexity index is 439. The molecule has 0 bridgehead atoms. The average Bonchev–Trinajstić information content (AvgIpc) is 2.45. The van der Waals surface area contributed by atoms with Gasteiger partial charge in [0.2, 0.25) is 0 Å². The lowest BCUT2D eigenvalue weighted by molar-refractivity contribution is 0.583. The summed E-state index contributed by atoms with van der Waals surface area (Å²) in [7, 11) is 0. The highest BCUT2D eigenvalue weighted by Gasteiger charge is 2.10. The second-order valence-electron chi connectivity index (χ2n) is 4.58. The van der Waals surface area contributed by atoms with E-state index in [0.717, 1.165) is 25.8 Å². The van der Waals surface area contributed by atoms with Crippen molar-refractivity contribution in [3.63, 3.8) is 0 Å². The molecule has 1 heterocycles. The third-order valence-corrected chi connectivity index (χ3v) is 3.32. The Kier molecular flexibility index (Phi) is 4.91. The summed E-state index contributed by atoms with van der Waals surface area (Å²) >= 11 is 0. The molecule has 1 aromatic heterocycles. The van der Waals surface area contributed by atoms with Gasteiger partial charge >= 0.3 is 0 Å². The molecule has 0 saturated carbocycles. The van der Waals surface area contributed by atoms with E-state index in [1.165, 1.54) is 11.1 Å². The summed E-state index contributed by atoms with van der Waals surface area (Å²) in [5, 5.41) is 0. The van der Waals surface area contributed by atoms with Crippen LogP contribution in [0.3, 0.4) is 0 Å². The zero-order chi connectivity index (χ0) is 12.6. The fourth-order valence-corrected chi connectivity index (χ4v) is 2.30. The second-order valence-corrected chi connectivity index (χ2v) is 4.58. The molecular formula is C16H20N2. The van der Waals surface area contributed by atoms with Gasteiger partial charge in [0, 0.05) is 12.4 Å². The van der Waals surface area contributed by atoms with Crippen LogP contribution in [0.5, 0.6) is 0 Å². The monoisotopic (exact) mass is 240 g/mol. The molecule has 2 aromatic rings. The van der Waals surface area contributed by atoms with Crippen LogP contribution >= 0.6 is 0 Å². The van der Waals surface area contributed by atoms with Gasteiger partial charge in [0.15, 0.2) is 0 Å². The number of benzene rings is 1. The molecule has 0 fully saturated rings. The molecule has 1 unspecified atom stereocenters. The molecule has 2 rings (SSSR count). The molecule has 18 heavy (non-hydrogen) atoms. The number of nitrogens with two attached hydrogens (primary N) is 1. The third kappa shape index (κ3) is 3.67. The van der Waals surface area contributed by atoms with Crippen LogP contribution in [0.2, 0.25) is 0 Å². The molecule has 0 spiro atoms. The average molecular weight is 240 g/mol. The van der Waals surface area contributed by atoms with E-state index in [0.29, 0.717) is 5.92 Å². The lowest BCUT2D eigenvalue weighted by Crippen LogP contribution is -2.08. The summed E-state index contributed by atoms with van der Waals surface area (Å²) in [5.74, 6) is 0.540. The number of hydrogen-bond acceptors (Lipinski definition) is 2. The Morgan fingerprint density at radius 1 is 0.944 bits per heavy atom. The zero-order valence-electron chi connectivity index (χ0n) is 10.6. The second kappa shape index (κ2) is 6.92. The lowest BCUT2D eigenvalue weighted by Gasteiger charge is -2.16. The first-order valence-electron chi connectivity index (χ1n) is 6.54. The van der Waals surface area contributed by atoms with E-state index in [1.807, 2.05) is 12.4 Å². The van der Waals surface area contributed by atoms with Crippen molar-refractivity contribution >= 4 is 0 Å². The van der Waals surface area contributed by atoms with E-state index in [2.05, 4.69) is 47.4 Å². The Balaban J connectivity index is 1.99. The first-order valence-corrected chi connectivity index (χ1v) is 6.54.